The van der Waals surface area contributed by atoms with Gasteiger partial charge in [-0.3, -0.25) is 4.79 Å². The first-order chi connectivity index (χ1) is 9.30. The first kappa shape index (κ1) is 15.1. The molecule has 1 aromatic rings. The molecule has 0 bridgehead atoms. The van der Waals surface area contributed by atoms with E-state index in [0.29, 0.717) is 18.0 Å². The Kier molecular flexibility index (Phi) is 4.25. The third kappa shape index (κ3) is 3.43. The average molecular weight is 318 g/mol. The Labute approximate surface area is 122 Å². The molecular formula is C13H16ClNO4S. The number of rotatable bonds is 4. The van der Waals surface area contributed by atoms with Crippen LogP contribution in [0.2, 0.25) is 0 Å². The van der Waals surface area contributed by atoms with Crippen LogP contribution in [0, 0.1) is 12.8 Å². The lowest BCUT2D eigenvalue weighted by Crippen LogP contribution is -2.25. The zero-order valence-electron chi connectivity index (χ0n) is 11.3. The molecule has 2 rings (SSSR count). The second kappa shape index (κ2) is 5.61. The van der Waals surface area contributed by atoms with Crippen molar-refractivity contribution in [3.05, 3.63) is 23.8 Å². The molecule has 0 radical (unpaired) electrons. The molecule has 1 aromatic carbocycles. The number of hydrogen-bond acceptors (Lipinski definition) is 4. The predicted molar refractivity (Wildman–Crippen MR) is 77.8 cm³/mol. The van der Waals surface area contributed by atoms with Crippen molar-refractivity contribution in [3.8, 4) is 5.75 Å². The Morgan fingerprint density at radius 3 is 2.75 bits per heavy atom. The van der Waals surface area contributed by atoms with Crippen LogP contribution in [-0.2, 0) is 13.8 Å². The maximum atomic E-state index is 12.0. The van der Waals surface area contributed by atoms with Gasteiger partial charge in [-0.2, -0.15) is 0 Å². The summed E-state index contributed by atoms with van der Waals surface area (Å²) in [7, 11) is 3.23. The molecule has 0 N–H and O–H groups in total. The summed E-state index contributed by atoms with van der Waals surface area (Å²) >= 11 is 0. The largest absolute Gasteiger partial charge is 0.496 e. The van der Waals surface area contributed by atoms with Crippen LogP contribution in [0.1, 0.15) is 12.0 Å². The molecule has 0 saturated carbocycles. The second-order valence-corrected chi connectivity index (χ2v) is 7.76. The summed E-state index contributed by atoms with van der Waals surface area (Å²) in [6.45, 7) is 2.27. The first-order valence-corrected chi connectivity index (χ1v) is 8.65. The minimum Gasteiger partial charge on any atom is -0.496 e. The minimum absolute atomic E-state index is 0.0961. The molecule has 1 aliphatic rings. The van der Waals surface area contributed by atoms with Crippen LogP contribution in [0.5, 0.6) is 5.75 Å². The van der Waals surface area contributed by atoms with E-state index >= 15 is 0 Å². The van der Waals surface area contributed by atoms with Gasteiger partial charge in [0.1, 0.15) is 5.75 Å². The maximum absolute atomic E-state index is 12.0. The highest BCUT2D eigenvalue weighted by atomic mass is 35.7. The van der Waals surface area contributed by atoms with Crippen LogP contribution in [0.4, 0.5) is 5.69 Å². The van der Waals surface area contributed by atoms with Crippen molar-refractivity contribution in [2.45, 2.75) is 13.3 Å². The van der Waals surface area contributed by atoms with Gasteiger partial charge in [-0.1, -0.05) is 6.07 Å². The summed E-state index contributed by atoms with van der Waals surface area (Å²) in [5.41, 5.74) is 1.69. The summed E-state index contributed by atoms with van der Waals surface area (Å²) in [4.78, 5) is 13.6. The van der Waals surface area contributed by atoms with Gasteiger partial charge in [0, 0.05) is 41.3 Å². The highest BCUT2D eigenvalue weighted by Crippen LogP contribution is 2.30. The fraction of sp³-hybridized carbons (Fsp3) is 0.462. The highest BCUT2D eigenvalue weighted by Gasteiger charge is 2.33. The Balaban J connectivity index is 2.20. The van der Waals surface area contributed by atoms with Gasteiger partial charge in [0.25, 0.3) is 0 Å². The fourth-order valence-electron chi connectivity index (χ4n) is 2.40. The molecule has 0 aromatic heterocycles. The van der Waals surface area contributed by atoms with Gasteiger partial charge in [-0.15, -0.1) is 0 Å². The first-order valence-electron chi connectivity index (χ1n) is 6.17. The van der Waals surface area contributed by atoms with Crippen molar-refractivity contribution in [1.29, 1.82) is 0 Å². The third-order valence-corrected chi connectivity index (χ3v) is 4.59. The van der Waals surface area contributed by atoms with E-state index in [1.165, 1.54) is 0 Å². The molecule has 7 heteroatoms. The zero-order chi connectivity index (χ0) is 14.9. The number of aryl methyl sites for hydroxylation is 1. The number of nitrogens with zero attached hydrogens (tertiary/aromatic N) is 1. The van der Waals surface area contributed by atoms with Crippen LogP contribution in [-0.4, -0.2) is 33.7 Å². The number of amides is 1. The normalized spacial score (nSPS) is 19.4. The molecule has 1 saturated heterocycles. The molecule has 20 heavy (non-hydrogen) atoms. The topological polar surface area (TPSA) is 63.7 Å². The third-order valence-electron chi connectivity index (χ3n) is 3.34. The van der Waals surface area contributed by atoms with Crippen molar-refractivity contribution in [3.63, 3.8) is 0 Å². The molecule has 5 nitrogen and oxygen atoms in total. The van der Waals surface area contributed by atoms with E-state index in [1.54, 1.807) is 18.1 Å². The average Bonchev–Trinajstić information content (AvgIpc) is 2.68. The van der Waals surface area contributed by atoms with Gasteiger partial charge in [-0.25, -0.2) is 8.42 Å². The van der Waals surface area contributed by atoms with E-state index in [-0.39, 0.29) is 24.0 Å². The molecule has 0 spiro atoms. The molecule has 0 aliphatic carbocycles. The molecule has 110 valence electrons. The number of hydrogen-bond donors (Lipinski definition) is 0. The van der Waals surface area contributed by atoms with Crippen molar-refractivity contribution in [1.82, 2.24) is 0 Å². The summed E-state index contributed by atoms with van der Waals surface area (Å²) in [6.07, 6.45) is 0.197. The van der Waals surface area contributed by atoms with Crippen LogP contribution >= 0.6 is 10.7 Å². The number of anilines is 1. The summed E-state index contributed by atoms with van der Waals surface area (Å²) < 4.78 is 27.4. The van der Waals surface area contributed by atoms with E-state index in [2.05, 4.69) is 0 Å². The van der Waals surface area contributed by atoms with Crippen LogP contribution < -0.4 is 9.64 Å². The van der Waals surface area contributed by atoms with Crippen LogP contribution in [0.25, 0.3) is 0 Å². The molecule has 1 amide bonds. The monoisotopic (exact) mass is 317 g/mol. The SMILES string of the molecule is COc1cc(N2CC(CS(=O)(=O)Cl)CC2=O)ccc1C. The zero-order valence-corrected chi connectivity index (χ0v) is 12.9. The number of methoxy groups -OCH3 is 1. The quantitative estimate of drug-likeness (QED) is 0.796. The summed E-state index contributed by atoms with van der Waals surface area (Å²) in [5.74, 6) is 0.155. The van der Waals surface area contributed by atoms with Crippen LogP contribution in [0.3, 0.4) is 0 Å². The van der Waals surface area contributed by atoms with Gasteiger partial charge >= 0.3 is 0 Å². The van der Waals surface area contributed by atoms with Gasteiger partial charge in [-0.05, 0) is 18.6 Å². The number of halogens is 1. The van der Waals surface area contributed by atoms with Crippen molar-refractivity contribution in [2.75, 3.05) is 24.3 Å². The number of carbonyl (C=O) groups is 1. The predicted octanol–water partition coefficient (Wildman–Crippen LogP) is 1.93. The molecule has 1 aliphatic heterocycles. The lowest BCUT2D eigenvalue weighted by molar-refractivity contribution is -0.117. The Morgan fingerprint density at radius 2 is 2.15 bits per heavy atom. The Bertz CT molecular complexity index is 629. The fourth-order valence-corrected chi connectivity index (χ4v) is 3.72. The number of ether oxygens (including phenoxy) is 1. The molecule has 1 fully saturated rings. The lowest BCUT2D eigenvalue weighted by Gasteiger charge is -2.18. The molecular weight excluding hydrogens is 302 g/mol. The van der Waals surface area contributed by atoms with Crippen molar-refractivity contribution < 1.29 is 17.9 Å². The van der Waals surface area contributed by atoms with Gasteiger partial charge in [0.15, 0.2) is 0 Å². The van der Waals surface area contributed by atoms with Crippen LogP contribution in [0.15, 0.2) is 18.2 Å². The Hall–Kier alpha value is -1.27. The lowest BCUT2D eigenvalue weighted by atomic mass is 10.1. The van der Waals surface area contributed by atoms with E-state index in [9.17, 15) is 13.2 Å². The second-order valence-electron chi connectivity index (χ2n) is 4.93. The maximum Gasteiger partial charge on any atom is 0.232 e. The minimum atomic E-state index is -3.59. The molecule has 1 unspecified atom stereocenters. The number of carbonyl (C=O) groups excluding carboxylic acids is 1. The highest BCUT2D eigenvalue weighted by molar-refractivity contribution is 8.13. The van der Waals surface area contributed by atoms with E-state index in [1.807, 2.05) is 19.1 Å². The van der Waals surface area contributed by atoms with Gasteiger partial charge in [0.2, 0.25) is 15.0 Å². The summed E-state index contributed by atoms with van der Waals surface area (Å²) in [6, 6.07) is 5.48. The van der Waals surface area contributed by atoms with E-state index in [4.69, 9.17) is 15.4 Å². The molecule has 1 atom stereocenters. The van der Waals surface area contributed by atoms with Crippen molar-refractivity contribution >= 4 is 31.3 Å². The van der Waals surface area contributed by atoms with Crippen molar-refractivity contribution in [2.24, 2.45) is 5.92 Å². The van der Waals surface area contributed by atoms with E-state index in [0.717, 1.165) is 5.56 Å². The standard InChI is InChI=1S/C13H16ClNO4S/c1-9-3-4-11(6-12(9)19-2)15-7-10(5-13(15)16)8-20(14,17)18/h3-4,6,10H,5,7-8H2,1-2H3. The van der Waals surface area contributed by atoms with Gasteiger partial charge < -0.3 is 9.64 Å². The Morgan fingerprint density at radius 1 is 1.45 bits per heavy atom. The summed E-state index contributed by atoms with van der Waals surface area (Å²) in [5, 5.41) is 0. The van der Waals surface area contributed by atoms with E-state index < -0.39 is 9.05 Å². The number of benzene rings is 1. The smallest absolute Gasteiger partial charge is 0.232 e. The van der Waals surface area contributed by atoms with Gasteiger partial charge in [0.05, 0.1) is 12.9 Å². The molecule has 1 heterocycles.